The number of nitrogens with zero attached hydrogens (tertiary/aromatic N) is 4. The maximum absolute atomic E-state index is 13.9. The lowest BCUT2D eigenvalue weighted by molar-refractivity contribution is -0.154. The average molecular weight is 512 g/mol. The minimum Gasteiger partial charge on any atom is -0.468 e. The molecule has 7 nitrogen and oxygen atoms in total. The molecule has 0 bridgehead atoms. The predicted octanol–water partition coefficient (Wildman–Crippen LogP) is 3.60. The first kappa shape index (κ1) is 26.4. The number of carbonyl (C=O) groups excluding carboxylic acids is 1. The van der Waals surface area contributed by atoms with Crippen molar-refractivity contribution in [2.75, 3.05) is 26.2 Å². The van der Waals surface area contributed by atoms with Gasteiger partial charge in [-0.3, -0.25) is 4.79 Å². The summed E-state index contributed by atoms with van der Waals surface area (Å²) in [5.74, 6) is -0.0273. The number of hydrogen-bond donors (Lipinski definition) is 1. The zero-order valence-corrected chi connectivity index (χ0v) is 20.5. The van der Waals surface area contributed by atoms with Gasteiger partial charge in [-0.25, -0.2) is 9.67 Å². The third-order valence-electron chi connectivity index (χ3n) is 7.14. The molecule has 0 aromatic carbocycles. The predicted molar refractivity (Wildman–Crippen MR) is 125 cm³/mol. The Morgan fingerprint density at radius 1 is 1.17 bits per heavy atom. The first-order valence-electron chi connectivity index (χ1n) is 12.5. The highest BCUT2D eigenvalue weighted by Crippen LogP contribution is 2.28. The molecule has 11 heteroatoms. The van der Waals surface area contributed by atoms with E-state index in [-0.39, 0.29) is 24.2 Å². The quantitative estimate of drug-likeness (QED) is 0.549. The number of aryl methyl sites for hydroxylation is 1. The van der Waals surface area contributed by atoms with Crippen molar-refractivity contribution in [2.45, 2.75) is 63.6 Å². The van der Waals surface area contributed by atoms with Crippen LogP contribution in [0, 0.1) is 11.9 Å². The molecule has 1 saturated carbocycles. The normalized spacial score (nSPS) is 21.0. The van der Waals surface area contributed by atoms with Crippen LogP contribution >= 0.6 is 0 Å². The molecule has 36 heavy (non-hydrogen) atoms. The molecule has 0 saturated heterocycles. The third kappa shape index (κ3) is 7.41. The van der Waals surface area contributed by atoms with E-state index in [1.54, 1.807) is 0 Å². The van der Waals surface area contributed by atoms with Gasteiger partial charge in [0, 0.05) is 49.9 Å². The maximum Gasteiger partial charge on any atom is 0.422 e. The lowest BCUT2D eigenvalue weighted by atomic mass is 9.84. The summed E-state index contributed by atoms with van der Waals surface area (Å²) < 4.78 is 57.0. The van der Waals surface area contributed by atoms with Crippen molar-refractivity contribution in [1.29, 1.82) is 0 Å². The Balaban J connectivity index is 1.16. The summed E-state index contributed by atoms with van der Waals surface area (Å²) in [6, 6.07) is 3.47. The molecule has 1 N–H and O–H groups in total. The molecular weight excluding hydrogens is 478 g/mol. The standard InChI is InChI=1S/C25H33F4N5O2/c1-33-24(26)19(15-30-33)14-22(35)31-20-5-2-17(3-6-20)8-11-34-12-9-18-4-7-23(32-21(18)10-13-34)36-16-25(27,28)29/h4,7,15,17,20H,2-3,5-6,8-14,16H2,1H3,(H,31,35)/t17-,20-. The summed E-state index contributed by atoms with van der Waals surface area (Å²) in [6.45, 7) is 1.35. The van der Waals surface area contributed by atoms with E-state index >= 15 is 0 Å². The number of carbonyl (C=O) groups is 1. The molecule has 1 aliphatic carbocycles. The first-order chi connectivity index (χ1) is 17.2. The number of aromatic nitrogens is 3. The smallest absolute Gasteiger partial charge is 0.422 e. The molecule has 4 rings (SSSR count). The fourth-order valence-electron chi connectivity index (χ4n) is 5.07. The number of alkyl halides is 3. The zero-order chi connectivity index (χ0) is 25.7. The highest BCUT2D eigenvalue weighted by Gasteiger charge is 2.29. The Morgan fingerprint density at radius 3 is 2.61 bits per heavy atom. The van der Waals surface area contributed by atoms with Crippen LogP contribution in [0.2, 0.25) is 0 Å². The monoisotopic (exact) mass is 511 g/mol. The summed E-state index contributed by atoms with van der Waals surface area (Å²) >= 11 is 0. The lowest BCUT2D eigenvalue weighted by Crippen LogP contribution is -2.39. The van der Waals surface area contributed by atoms with E-state index in [2.05, 4.69) is 20.3 Å². The van der Waals surface area contributed by atoms with E-state index < -0.39 is 18.7 Å². The number of ether oxygens (including phenoxy) is 1. The molecule has 2 aromatic rings. The Labute approximate surface area is 208 Å². The summed E-state index contributed by atoms with van der Waals surface area (Å²) in [6.07, 6.45) is 3.52. The van der Waals surface area contributed by atoms with Gasteiger partial charge in [-0.05, 0) is 56.6 Å². The van der Waals surface area contributed by atoms with Crippen LogP contribution in [0.25, 0.3) is 0 Å². The van der Waals surface area contributed by atoms with Crippen molar-refractivity contribution in [3.05, 3.63) is 41.1 Å². The van der Waals surface area contributed by atoms with Crippen LogP contribution in [0.3, 0.4) is 0 Å². The minimum atomic E-state index is -4.38. The van der Waals surface area contributed by atoms with Crippen LogP contribution in [0.5, 0.6) is 5.88 Å². The fourth-order valence-corrected chi connectivity index (χ4v) is 5.07. The molecular formula is C25H33F4N5O2. The molecule has 2 aromatic heterocycles. The van der Waals surface area contributed by atoms with Crippen molar-refractivity contribution in [1.82, 2.24) is 25.0 Å². The van der Waals surface area contributed by atoms with Gasteiger partial charge in [-0.2, -0.15) is 22.7 Å². The first-order valence-corrected chi connectivity index (χ1v) is 12.5. The molecule has 0 atom stereocenters. The summed E-state index contributed by atoms with van der Waals surface area (Å²) in [4.78, 5) is 19.0. The average Bonchev–Trinajstić information content (AvgIpc) is 3.03. The second kappa shape index (κ2) is 11.6. The van der Waals surface area contributed by atoms with E-state index in [0.29, 0.717) is 17.9 Å². The van der Waals surface area contributed by atoms with E-state index in [4.69, 9.17) is 4.74 Å². The van der Waals surface area contributed by atoms with Gasteiger partial charge < -0.3 is 15.0 Å². The van der Waals surface area contributed by atoms with Crippen LogP contribution in [-0.4, -0.2) is 64.0 Å². The number of nitrogens with one attached hydrogen (secondary N) is 1. The minimum absolute atomic E-state index is 0.00174. The Bertz CT molecular complexity index is 1030. The zero-order valence-electron chi connectivity index (χ0n) is 20.5. The van der Waals surface area contributed by atoms with E-state index in [0.717, 1.165) is 74.1 Å². The van der Waals surface area contributed by atoms with Crippen LogP contribution < -0.4 is 10.1 Å². The molecule has 0 spiro atoms. The Morgan fingerprint density at radius 2 is 1.92 bits per heavy atom. The van der Waals surface area contributed by atoms with Gasteiger partial charge in [0.25, 0.3) is 0 Å². The number of fused-ring (bicyclic) bond motifs is 1. The number of rotatable bonds is 8. The number of halogens is 4. The second-order valence-corrected chi connectivity index (χ2v) is 9.84. The fraction of sp³-hybridized carbons (Fsp3) is 0.640. The van der Waals surface area contributed by atoms with Crippen molar-refractivity contribution in [2.24, 2.45) is 13.0 Å². The third-order valence-corrected chi connectivity index (χ3v) is 7.14. The van der Waals surface area contributed by atoms with Crippen LogP contribution in [0.4, 0.5) is 17.6 Å². The molecule has 0 radical (unpaired) electrons. The van der Waals surface area contributed by atoms with Crippen molar-refractivity contribution in [3.63, 3.8) is 0 Å². The Kier molecular flexibility index (Phi) is 8.48. The number of hydrogen-bond acceptors (Lipinski definition) is 5. The van der Waals surface area contributed by atoms with Gasteiger partial charge in [0.05, 0.1) is 12.6 Å². The van der Waals surface area contributed by atoms with Crippen LogP contribution in [-0.2, 0) is 31.1 Å². The van der Waals surface area contributed by atoms with Gasteiger partial charge in [0.1, 0.15) is 0 Å². The lowest BCUT2D eigenvalue weighted by Gasteiger charge is -2.30. The van der Waals surface area contributed by atoms with Gasteiger partial charge in [0.15, 0.2) is 6.61 Å². The summed E-state index contributed by atoms with van der Waals surface area (Å²) in [5, 5.41) is 6.87. The van der Waals surface area contributed by atoms with Gasteiger partial charge in [-0.15, -0.1) is 0 Å². The Hall–Kier alpha value is -2.69. The number of amides is 1. The van der Waals surface area contributed by atoms with E-state index in [1.165, 1.54) is 19.3 Å². The topological polar surface area (TPSA) is 72.3 Å². The molecule has 2 aliphatic rings. The van der Waals surface area contributed by atoms with E-state index in [9.17, 15) is 22.4 Å². The molecule has 1 aliphatic heterocycles. The van der Waals surface area contributed by atoms with Crippen molar-refractivity contribution >= 4 is 5.91 Å². The molecule has 198 valence electrons. The molecule has 1 amide bonds. The van der Waals surface area contributed by atoms with Crippen molar-refractivity contribution in [3.8, 4) is 5.88 Å². The van der Waals surface area contributed by atoms with Crippen LogP contribution in [0.15, 0.2) is 18.3 Å². The van der Waals surface area contributed by atoms with Crippen molar-refractivity contribution < 1.29 is 27.1 Å². The highest BCUT2D eigenvalue weighted by atomic mass is 19.4. The van der Waals surface area contributed by atoms with Crippen LogP contribution in [0.1, 0.15) is 48.9 Å². The summed E-state index contributed by atoms with van der Waals surface area (Å²) in [5.41, 5.74) is 2.20. The number of pyridine rings is 1. The molecule has 0 unspecified atom stereocenters. The molecule has 1 fully saturated rings. The van der Waals surface area contributed by atoms with Gasteiger partial charge in [-0.1, -0.05) is 6.07 Å². The van der Waals surface area contributed by atoms with Gasteiger partial charge in [0.2, 0.25) is 17.7 Å². The maximum atomic E-state index is 13.9. The second-order valence-electron chi connectivity index (χ2n) is 9.84. The summed E-state index contributed by atoms with van der Waals surface area (Å²) in [7, 11) is 1.51. The van der Waals surface area contributed by atoms with Gasteiger partial charge >= 0.3 is 6.18 Å². The SMILES string of the molecule is Cn1ncc(CC(=O)N[C@H]2CC[C@H](CCN3CCc4ccc(OCC(F)(F)F)nc4CC3)CC2)c1F. The van der Waals surface area contributed by atoms with E-state index in [1.807, 2.05) is 6.07 Å². The highest BCUT2D eigenvalue weighted by molar-refractivity contribution is 5.78. The largest absolute Gasteiger partial charge is 0.468 e. The molecule has 3 heterocycles.